The van der Waals surface area contributed by atoms with Gasteiger partial charge in [0.05, 0.1) is 12.2 Å². The Morgan fingerprint density at radius 3 is 1.95 bits per heavy atom. The lowest BCUT2D eigenvalue weighted by atomic mass is 9.90. The molecule has 0 aliphatic carbocycles. The molecule has 0 radical (unpaired) electrons. The SMILES string of the molecule is CC(C)(C)OCC1CN(CC2CCN(C(C)(C)C)CC2)C1. The molecule has 0 amide bonds. The van der Waals surface area contributed by atoms with Gasteiger partial charge in [0.15, 0.2) is 0 Å². The molecule has 2 rings (SSSR count). The van der Waals surface area contributed by atoms with E-state index in [0.717, 1.165) is 18.4 Å². The molecule has 0 N–H and O–H groups in total. The van der Waals surface area contributed by atoms with E-state index in [0.29, 0.717) is 5.54 Å². The fourth-order valence-corrected chi connectivity index (χ4v) is 3.45. The maximum Gasteiger partial charge on any atom is 0.0598 e. The topological polar surface area (TPSA) is 15.7 Å². The van der Waals surface area contributed by atoms with Gasteiger partial charge in [-0.05, 0) is 73.4 Å². The molecule has 2 saturated heterocycles. The predicted molar refractivity (Wildman–Crippen MR) is 89.7 cm³/mol. The Balaban J connectivity index is 1.59. The van der Waals surface area contributed by atoms with Gasteiger partial charge in [-0.15, -0.1) is 0 Å². The van der Waals surface area contributed by atoms with Crippen molar-refractivity contribution in [1.82, 2.24) is 9.80 Å². The van der Waals surface area contributed by atoms with Crippen LogP contribution in [0.5, 0.6) is 0 Å². The van der Waals surface area contributed by atoms with Gasteiger partial charge in [-0.3, -0.25) is 4.90 Å². The molecule has 0 aromatic carbocycles. The van der Waals surface area contributed by atoms with E-state index < -0.39 is 0 Å². The van der Waals surface area contributed by atoms with Gasteiger partial charge < -0.3 is 9.64 Å². The Morgan fingerprint density at radius 2 is 1.48 bits per heavy atom. The first-order valence-corrected chi connectivity index (χ1v) is 8.75. The molecule has 2 aliphatic heterocycles. The van der Waals surface area contributed by atoms with Crippen LogP contribution >= 0.6 is 0 Å². The van der Waals surface area contributed by atoms with E-state index in [2.05, 4.69) is 51.3 Å². The van der Waals surface area contributed by atoms with Crippen LogP contribution < -0.4 is 0 Å². The second-order valence-corrected chi connectivity index (χ2v) is 9.11. The lowest BCUT2D eigenvalue weighted by Gasteiger charge is -2.45. The molecule has 0 unspecified atom stereocenters. The highest BCUT2D eigenvalue weighted by molar-refractivity contribution is 4.86. The molecule has 124 valence electrons. The van der Waals surface area contributed by atoms with E-state index in [1.165, 1.54) is 45.6 Å². The Labute approximate surface area is 132 Å². The maximum atomic E-state index is 5.89. The van der Waals surface area contributed by atoms with Crippen molar-refractivity contribution in [2.24, 2.45) is 11.8 Å². The molecule has 21 heavy (non-hydrogen) atoms. The van der Waals surface area contributed by atoms with Crippen LogP contribution in [-0.4, -0.2) is 60.3 Å². The van der Waals surface area contributed by atoms with Gasteiger partial charge in [0.1, 0.15) is 0 Å². The number of hydrogen-bond acceptors (Lipinski definition) is 3. The lowest BCUT2D eigenvalue weighted by Crippen LogP contribution is -2.53. The van der Waals surface area contributed by atoms with Crippen LogP contribution in [0.15, 0.2) is 0 Å². The summed E-state index contributed by atoms with van der Waals surface area (Å²) in [7, 11) is 0. The average molecular weight is 296 g/mol. The molecule has 3 nitrogen and oxygen atoms in total. The fraction of sp³-hybridized carbons (Fsp3) is 1.00. The van der Waals surface area contributed by atoms with Crippen LogP contribution in [0.25, 0.3) is 0 Å². The first kappa shape index (κ1) is 17.2. The van der Waals surface area contributed by atoms with Gasteiger partial charge >= 0.3 is 0 Å². The van der Waals surface area contributed by atoms with Gasteiger partial charge in [0.2, 0.25) is 0 Å². The van der Waals surface area contributed by atoms with E-state index in [1.54, 1.807) is 0 Å². The van der Waals surface area contributed by atoms with Crippen molar-refractivity contribution in [1.29, 1.82) is 0 Å². The molecule has 0 bridgehead atoms. The fourth-order valence-electron chi connectivity index (χ4n) is 3.45. The minimum Gasteiger partial charge on any atom is -0.375 e. The third kappa shape index (κ3) is 5.54. The Kier molecular flexibility index (Phi) is 5.38. The summed E-state index contributed by atoms with van der Waals surface area (Å²) in [6.45, 7) is 20.7. The Hall–Kier alpha value is -0.120. The molecule has 0 saturated carbocycles. The monoisotopic (exact) mass is 296 g/mol. The summed E-state index contributed by atoms with van der Waals surface area (Å²) in [6.07, 6.45) is 2.74. The Morgan fingerprint density at radius 1 is 0.905 bits per heavy atom. The van der Waals surface area contributed by atoms with E-state index in [4.69, 9.17) is 4.74 Å². The summed E-state index contributed by atoms with van der Waals surface area (Å²) in [5.74, 6) is 1.67. The number of ether oxygens (including phenoxy) is 1. The smallest absolute Gasteiger partial charge is 0.0598 e. The molecule has 2 heterocycles. The second kappa shape index (κ2) is 6.55. The zero-order valence-electron chi connectivity index (χ0n) is 15.1. The van der Waals surface area contributed by atoms with E-state index >= 15 is 0 Å². The van der Waals surface area contributed by atoms with Crippen molar-refractivity contribution >= 4 is 0 Å². The standard InChI is InChI=1S/C18H36N2O/c1-17(2,3)20-9-7-15(8-10-20)11-19-12-16(13-19)14-21-18(4,5)6/h15-16H,7-14H2,1-6H3. The molecule has 0 aromatic heterocycles. The summed E-state index contributed by atoms with van der Waals surface area (Å²) in [5.41, 5.74) is 0.358. The first-order valence-electron chi connectivity index (χ1n) is 8.75. The van der Waals surface area contributed by atoms with Gasteiger partial charge in [-0.25, -0.2) is 0 Å². The van der Waals surface area contributed by atoms with Gasteiger partial charge in [0, 0.05) is 31.1 Å². The first-order chi connectivity index (χ1) is 9.63. The highest BCUT2D eigenvalue weighted by Crippen LogP contribution is 2.27. The van der Waals surface area contributed by atoms with Gasteiger partial charge in [-0.2, -0.15) is 0 Å². The zero-order valence-corrected chi connectivity index (χ0v) is 15.1. The van der Waals surface area contributed by atoms with Crippen molar-refractivity contribution in [3.05, 3.63) is 0 Å². The molecule has 0 aromatic rings. The summed E-state index contributed by atoms with van der Waals surface area (Å²) >= 11 is 0. The molecule has 2 fully saturated rings. The Bertz CT molecular complexity index is 315. The quantitative estimate of drug-likeness (QED) is 0.792. The van der Waals surface area contributed by atoms with E-state index in [9.17, 15) is 0 Å². The lowest BCUT2D eigenvalue weighted by molar-refractivity contribution is -0.0607. The highest BCUT2D eigenvalue weighted by Gasteiger charge is 2.32. The summed E-state index contributed by atoms with van der Waals surface area (Å²) < 4.78 is 5.89. The van der Waals surface area contributed by atoms with Crippen LogP contribution in [0.3, 0.4) is 0 Å². The summed E-state index contributed by atoms with van der Waals surface area (Å²) in [4.78, 5) is 5.27. The molecule has 3 heteroatoms. The second-order valence-electron chi connectivity index (χ2n) is 9.11. The summed E-state index contributed by atoms with van der Waals surface area (Å²) in [6, 6.07) is 0. The normalized spacial score (nSPS) is 24.3. The number of nitrogens with zero attached hydrogens (tertiary/aromatic N) is 2. The predicted octanol–water partition coefficient (Wildman–Crippen LogP) is 3.24. The van der Waals surface area contributed by atoms with E-state index in [1.807, 2.05) is 0 Å². The number of piperidine rings is 1. The zero-order chi connectivity index (χ0) is 15.7. The molecule has 0 atom stereocenters. The van der Waals surface area contributed by atoms with Crippen molar-refractivity contribution < 1.29 is 4.74 Å². The number of hydrogen-bond donors (Lipinski definition) is 0. The third-order valence-corrected chi connectivity index (χ3v) is 4.86. The molecule has 2 aliphatic rings. The third-order valence-electron chi connectivity index (χ3n) is 4.86. The van der Waals surface area contributed by atoms with Gasteiger partial charge in [0.25, 0.3) is 0 Å². The average Bonchev–Trinajstić information content (AvgIpc) is 2.30. The van der Waals surface area contributed by atoms with Gasteiger partial charge in [-0.1, -0.05) is 0 Å². The van der Waals surface area contributed by atoms with Crippen molar-refractivity contribution in [3.63, 3.8) is 0 Å². The number of rotatable bonds is 4. The van der Waals surface area contributed by atoms with Crippen LogP contribution in [0.2, 0.25) is 0 Å². The van der Waals surface area contributed by atoms with Crippen LogP contribution in [-0.2, 0) is 4.74 Å². The minimum absolute atomic E-state index is 0.0141. The largest absolute Gasteiger partial charge is 0.375 e. The van der Waals surface area contributed by atoms with Crippen molar-refractivity contribution in [2.75, 3.05) is 39.3 Å². The minimum atomic E-state index is 0.0141. The van der Waals surface area contributed by atoms with Crippen LogP contribution in [0.1, 0.15) is 54.4 Å². The van der Waals surface area contributed by atoms with Crippen LogP contribution in [0, 0.1) is 11.8 Å². The van der Waals surface area contributed by atoms with Crippen LogP contribution in [0.4, 0.5) is 0 Å². The summed E-state index contributed by atoms with van der Waals surface area (Å²) in [5, 5.41) is 0. The molecular formula is C18H36N2O. The maximum absolute atomic E-state index is 5.89. The van der Waals surface area contributed by atoms with E-state index in [-0.39, 0.29) is 5.60 Å². The highest BCUT2D eigenvalue weighted by atomic mass is 16.5. The molecule has 0 spiro atoms. The van der Waals surface area contributed by atoms with Crippen molar-refractivity contribution in [3.8, 4) is 0 Å². The molecular weight excluding hydrogens is 260 g/mol. The van der Waals surface area contributed by atoms with Crippen molar-refractivity contribution in [2.45, 2.75) is 65.5 Å². The number of likely N-dealkylation sites (tertiary alicyclic amines) is 2.